The zero-order valence-electron chi connectivity index (χ0n) is 17.4. The lowest BCUT2D eigenvalue weighted by Crippen LogP contribution is -2.37. The van der Waals surface area contributed by atoms with Crippen LogP contribution in [-0.4, -0.2) is 13.1 Å². The first-order chi connectivity index (χ1) is 14.5. The third kappa shape index (κ3) is 2.89. The summed E-state index contributed by atoms with van der Waals surface area (Å²) < 4.78 is 0. The molecule has 30 heavy (non-hydrogen) atoms. The molecule has 4 aromatic carbocycles. The Balaban J connectivity index is 1.83. The number of hydrogen-bond donors (Lipinski definition) is 0. The minimum atomic E-state index is -1.46. The largest absolute Gasteiger partial charge is 0.256 e. The van der Waals surface area contributed by atoms with Crippen LogP contribution in [0.4, 0.5) is 0 Å². The Morgan fingerprint density at radius 2 is 1.47 bits per heavy atom. The van der Waals surface area contributed by atoms with E-state index < -0.39 is 8.07 Å². The zero-order valence-corrected chi connectivity index (χ0v) is 18.4. The van der Waals surface area contributed by atoms with Crippen molar-refractivity contribution in [3.05, 3.63) is 84.6 Å². The van der Waals surface area contributed by atoms with Crippen LogP contribution in [0.25, 0.3) is 43.6 Å². The highest BCUT2D eigenvalue weighted by molar-refractivity contribution is 6.90. The summed E-state index contributed by atoms with van der Waals surface area (Å²) in [6.07, 6.45) is 1.89. The van der Waals surface area contributed by atoms with Crippen molar-refractivity contribution in [2.45, 2.75) is 19.6 Å². The third-order valence-corrected chi connectivity index (χ3v) is 7.92. The van der Waals surface area contributed by atoms with Gasteiger partial charge in [-0.2, -0.15) is 5.26 Å². The van der Waals surface area contributed by atoms with Crippen LogP contribution in [0.3, 0.4) is 0 Å². The molecule has 3 heteroatoms. The fraction of sp³-hybridized carbons (Fsp3) is 0.111. The molecule has 0 bridgehead atoms. The monoisotopic (exact) mass is 402 g/mol. The molecule has 5 aromatic rings. The van der Waals surface area contributed by atoms with Crippen molar-refractivity contribution in [2.75, 3.05) is 0 Å². The van der Waals surface area contributed by atoms with E-state index >= 15 is 0 Å². The molecule has 0 radical (unpaired) electrons. The number of aromatic nitrogens is 1. The second-order valence-electron chi connectivity index (χ2n) is 8.83. The van der Waals surface area contributed by atoms with Gasteiger partial charge >= 0.3 is 0 Å². The summed E-state index contributed by atoms with van der Waals surface area (Å²) >= 11 is 0. The first-order valence-electron chi connectivity index (χ1n) is 10.2. The van der Waals surface area contributed by atoms with Gasteiger partial charge in [-0.25, -0.2) is 0 Å². The van der Waals surface area contributed by atoms with E-state index in [2.05, 4.69) is 74.2 Å². The van der Waals surface area contributed by atoms with Crippen molar-refractivity contribution in [2.24, 2.45) is 0 Å². The average Bonchev–Trinajstić information content (AvgIpc) is 2.76. The standard InChI is InChI=1S/C27H22N2Si/c1-30(2,3)26-10-6-9-22-23-13-14-29-27(25(23)12-11-24(22)26)19-15-18-7-4-5-8-21(18)20(16-19)17-28/h4-16H,1-3H3. The van der Waals surface area contributed by atoms with Gasteiger partial charge in [0.25, 0.3) is 0 Å². The molecule has 1 heterocycles. The van der Waals surface area contributed by atoms with E-state index in [9.17, 15) is 5.26 Å². The van der Waals surface area contributed by atoms with E-state index in [1.54, 1.807) is 0 Å². The predicted octanol–water partition coefficient (Wildman–Crippen LogP) is 6.63. The molecule has 0 saturated carbocycles. The molecule has 144 valence electrons. The molecule has 0 saturated heterocycles. The lowest BCUT2D eigenvalue weighted by Gasteiger charge is -2.20. The van der Waals surface area contributed by atoms with Crippen LogP contribution in [0.2, 0.25) is 19.6 Å². The Bertz CT molecular complexity index is 1490. The third-order valence-electron chi connectivity index (χ3n) is 5.87. The fourth-order valence-corrected chi connectivity index (χ4v) is 6.07. The van der Waals surface area contributed by atoms with E-state index in [4.69, 9.17) is 4.98 Å². The van der Waals surface area contributed by atoms with Crippen molar-refractivity contribution >= 4 is 45.6 Å². The van der Waals surface area contributed by atoms with Gasteiger partial charge in [-0.3, -0.25) is 4.98 Å². The van der Waals surface area contributed by atoms with E-state index in [1.807, 2.05) is 30.5 Å². The lowest BCUT2D eigenvalue weighted by atomic mass is 9.95. The van der Waals surface area contributed by atoms with Gasteiger partial charge in [-0.1, -0.05) is 79.4 Å². The maximum atomic E-state index is 9.70. The number of nitrogens with zero attached hydrogens (tertiary/aromatic N) is 2. The van der Waals surface area contributed by atoms with Crippen molar-refractivity contribution < 1.29 is 0 Å². The highest BCUT2D eigenvalue weighted by Crippen LogP contribution is 2.34. The predicted molar refractivity (Wildman–Crippen MR) is 130 cm³/mol. The maximum Gasteiger partial charge on any atom is 0.0998 e. The van der Waals surface area contributed by atoms with Crippen LogP contribution < -0.4 is 5.19 Å². The quantitative estimate of drug-likeness (QED) is 0.246. The fourth-order valence-electron chi connectivity index (χ4n) is 4.45. The van der Waals surface area contributed by atoms with Crippen molar-refractivity contribution in [1.29, 1.82) is 5.26 Å². The minimum absolute atomic E-state index is 0.684. The average molecular weight is 403 g/mol. The van der Waals surface area contributed by atoms with Crippen molar-refractivity contribution in [1.82, 2.24) is 4.98 Å². The molecule has 0 spiro atoms. The van der Waals surface area contributed by atoms with Gasteiger partial charge in [0.15, 0.2) is 0 Å². The van der Waals surface area contributed by atoms with E-state index in [1.165, 1.54) is 21.3 Å². The molecule has 0 fully saturated rings. The molecule has 5 rings (SSSR count). The van der Waals surface area contributed by atoms with E-state index in [-0.39, 0.29) is 0 Å². The van der Waals surface area contributed by atoms with Crippen molar-refractivity contribution in [3.63, 3.8) is 0 Å². The Hall–Kier alpha value is -3.48. The number of fused-ring (bicyclic) bond motifs is 4. The number of nitriles is 1. The Labute approximate surface area is 177 Å². The summed E-state index contributed by atoms with van der Waals surface area (Å²) in [7, 11) is -1.46. The Kier molecular flexibility index (Phi) is 4.20. The van der Waals surface area contributed by atoms with Gasteiger partial charge in [0.1, 0.15) is 0 Å². The molecule has 0 unspecified atom stereocenters. The summed E-state index contributed by atoms with van der Waals surface area (Å²) in [6, 6.07) is 27.7. The maximum absolute atomic E-state index is 9.70. The second kappa shape index (κ2) is 6.79. The molecule has 2 nitrogen and oxygen atoms in total. The molecule has 0 aliphatic rings. The topological polar surface area (TPSA) is 36.7 Å². The summed E-state index contributed by atoms with van der Waals surface area (Å²) in [5.41, 5.74) is 2.59. The van der Waals surface area contributed by atoms with Crippen LogP contribution in [0, 0.1) is 11.3 Å². The molecule has 0 aliphatic heterocycles. The van der Waals surface area contributed by atoms with Gasteiger partial charge in [0.05, 0.1) is 25.4 Å². The number of benzene rings is 4. The Morgan fingerprint density at radius 1 is 0.733 bits per heavy atom. The van der Waals surface area contributed by atoms with Gasteiger partial charge in [0.2, 0.25) is 0 Å². The smallest absolute Gasteiger partial charge is 0.0998 e. The second-order valence-corrected chi connectivity index (χ2v) is 13.9. The lowest BCUT2D eigenvalue weighted by molar-refractivity contribution is 1.36. The number of hydrogen-bond acceptors (Lipinski definition) is 2. The first-order valence-corrected chi connectivity index (χ1v) is 13.7. The molecule has 0 aliphatic carbocycles. The zero-order chi connectivity index (χ0) is 20.9. The molecule has 1 aromatic heterocycles. The first kappa shape index (κ1) is 18.5. The number of pyridine rings is 1. The van der Waals surface area contributed by atoms with Gasteiger partial charge in [-0.15, -0.1) is 0 Å². The Morgan fingerprint density at radius 3 is 2.27 bits per heavy atom. The summed E-state index contributed by atoms with van der Waals surface area (Å²) in [5.74, 6) is 0. The minimum Gasteiger partial charge on any atom is -0.256 e. The number of rotatable bonds is 2. The van der Waals surface area contributed by atoms with E-state index in [0.717, 1.165) is 27.4 Å². The summed E-state index contributed by atoms with van der Waals surface area (Å²) in [4.78, 5) is 4.74. The molecule has 0 amide bonds. The summed E-state index contributed by atoms with van der Waals surface area (Å²) in [6.45, 7) is 7.17. The molecule has 0 N–H and O–H groups in total. The summed E-state index contributed by atoms with van der Waals surface area (Å²) in [5, 5.41) is 18.2. The van der Waals surface area contributed by atoms with Crippen LogP contribution in [0.5, 0.6) is 0 Å². The molecular weight excluding hydrogens is 380 g/mol. The molecular formula is C27H22N2Si. The molecule has 0 atom stereocenters. The van der Waals surface area contributed by atoms with Crippen LogP contribution in [-0.2, 0) is 0 Å². The van der Waals surface area contributed by atoms with Crippen molar-refractivity contribution in [3.8, 4) is 17.3 Å². The normalized spacial score (nSPS) is 11.8. The van der Waals surface area contributed by atoms with E-state index in [0.29, 0.717) is 5.56 Å². The van der Waals surface area contributed by atoms with Crippen LogP contribution in [0.1, 0.15) is 5.56 Å². The van der Waals surface area contributed by atoms with Gasteiger partial charge < -0.3 is 0 Å². The highest BCUT2D eigenvalue weighted by Gasteiger charge is 2.20. The SMILES string of the molecule is C[Si](C)(C)c1cccc2c1ccc1c(-c3cc(C#N)c4ccccc4c3)nccc12. The van der Waals surface area contributed by atoms with Gasteiger partial charge in [-0.05, 0) is 45.1 Å². The van der Waals surface area contributed by atoms with Crippen LogP contribution >= 0.6 is 0 Å². The van der Waals surface area contributed by atoms with Crippen LogP contribution in [0.15, 0.2) is 79.0 Å². The van der Waals surface area contributed by atoms with Gasteiger partial charge in [0, 0.05) is 17.1 Å². The highest BCUT2D eigenvalue weighted by atomic mass is 28.3.